The molecule has 53 heavy (non-hydrogen) atoms. The number of ether oxygens (including phenoxy) is 7. The van der Waals surface area contributed by atoms with E-state index in [9.17, 15) is 61.0 Å². The van der Waals surface area contributed by atoms with Crippen molar-refractivity contribution in [1.29, 1.82) is 0 Å². The zero-order valence-electron chi connectivity index (χ0n) is 28.2. The first-order valence-corrected chi connectivity index (χ1v) is 16.6. The monoisotopic (exact) mass is 756 g/mol. The third-order valence-corrected chi connectivity index (χ3v) is 8.99. The van der Waals surface area contributed by atoms with Crippen LogP contribution in [0.3, 0.4) is 0 Å². The van der Waals surface area contributed by atoms with Crippen molar-refractivity contribution in [3.05, 3.63) is 53.6 Å². The van der Waals surface area contributed by atoms with Crippen LogP contribution < -0.4 is 0 Å². The number of phenols is 4. The van der Waals surface area contributed by atoms with Gasteiger partial charge in [0.15, 0.2) is 48.0 Å². The number of carbonyl (C=O) groups excluding carboxylic acids is 1. The maximum absolute atomic E-state index is 13.2. The average Bonchev–Trinajstić information content (AvgIpc) is 3.13. The molecule has 3 heterocycles. The Labute approximate surface area is 302 Å². The minimum absolute atomic E-state index is 0.116. The van der Waals surface area contributed by atoms with Gasteiger partial charge in [0.2, 0.25) is 0 Å². The SMILES string of the molecule is C[C@@H]1O[C@@H](O[C@@H]2[C@@H](O[C@@H]3OC[C@@H](O)[C@H](O)[C@H]3O)[C@H](OCCc3ccc(O)c(O)c3)O[C@H](CO)[C@H]2OC(=O)/C=C/c2ccc(O)c(O)c2)[C@H](O)[C@H](O)[C@H]1O. The average molecular weight is 757 g/mol. The Morgan fingerprint density at radius 3 is 2.09 bits per heavy atom. The van der Waals surface area contributed by atoms with Crippen molar-refractivity contribution in [1.82, 2.24) is 0 Å². The number of aromatic hydroxyl groups is 4. The Morgan fingerprint density at radius 2 is 1.42 bits per heavy atom. The molecule has 19 nitrogen and oxygen atoms in total. The molecule has 5 rings (SSSR count). The summed E-state index contributed by atoms with van der Waals surface area (Å²) in [6, 6.07) is 7.81. The third-order valence-electron chi connectivity index (χ3n) is 8.99. The van der Waals surface area contributed by atoms with Gasteiger partial charge >= 0.3 is 5.97 Å². The molecular weight excluding hydrogens is 712 g/mol. The van der Waals surface area contributed by atoms with Crippen molar-refractivity contribution in [2.75, 3.05) is 19.8 Å². The lowest BCUT2D eigenvalue weighted by Gasteiger charge is -2.49. The summed E-state index contributed by atoms with van der Waals surface area (Å²) < 4.78 is 40.9. The van der Waals surface area contributed by atoms with Crippen molar-refractivity contribution < 1.29 is 94.1 Å². The van der Waals surface area contributed by atoms with Gasteiger partial charge in [-0.25, -0.2) is 4.79 Å². The maximum atomic E-state index is 13.2. The van der Waals surface area contributed by atoms with Crippen LogP contribution in [-0.4, -0.2) is 168 Å². The lowest BCUT2D eigenvalue weighted by atomic mass is 9.96. The lowest BCUT2D eigenvalue weighted by Crippen LogP contribution is -2.67. The molecule has 2 aromatic carbocycles. The first-order chi connectivity index (χ1) is 25.2. The molecule has 3 aliphatic rings. The standard InChI is InChI=1S/C34H44O19/c1-14-24(42)26(44)28(46)33(49-14)52-30-29(51-23(41)7-4-15-2-5-17(36)19(38)10-15)22(12-35)50-34(47-9-8-16-3-6-18(37)20(39)11-16)31(30)53-32-27(45)25(43)21(40)13-48-32/h2-7,10-11,14,21-22,24-40,42-46H,8-9,12-13H2,1H3/b7-4+/t14-,21+,22+,24-,25-,26+,27+,28+,29+,30-,31+,32-,33-,34+/m0/s1. The van der Waals surface area contributed by atoms with Gasteiger partial charge in [-0.3, -0.25) is 0 Å². The highest BCUT2D eigenvalue weighted by Gasteiger charge is 2.55. The van der Waals surface area contributed by atoms with E-state index in [1.54, 1.807) is 0 Å². The Balaban J connectivity index is 1.48. The second-order valence-electron chi connectivity index (χ2n) is 12.8. The summed E-state index contributed by atoms with van der Waals surface area (Å²) in [5.41, 5.74) is 0.800. The number of carbonyl (C=O) groups is 1. The Hall–Kier alpha value is -3.67. The lowest BCUT2D eigenvalue weighted by molar-refractivity contribution is -0.385. The molecule has 0 spiro atoms. The molecule has 11 N–H and O–H groups in total. The summed E-state index contributed by atoms with van der Waals surface area (Å²) in [5, 5.41) is 112. The third kappa shape index (κ3) is 9.53. The van der Waals surface area contributed by atoms with Crippen LogP contribution in [0.1, 0.15) is 18.1 Å². The molecule has 0 unspecified atom stereocenters. The molecule has 2 aromatic rings. The molecule has 0 bridgehead atoms. The first kappa shape index (κ1) is 40.5. The number of esters is 1. The normalized spacial score (nSPS) is 36.4. The highest BCUT2D eigenvalue weighted by atomic mass is 16.8. The van der Waals surface area contributed by atoms with Crippen LogP contribution >= 0.6 is 0 Å². The van der Waals surface area contributed by atoms with Gasteiger partial charge in [-0.1, -0.05) is 12.1 Å². The predicted octanol–water partition coefficient (Wildman–Crippen LogP) is -2.55. The minimum Gasteiger partial charge on any atom is -0.504 e. The van der Waals surface area contributed by atoms with Gasteiger partial charge in [0.25, 0.3) is 0 Å². The van der Waals surface area contributed by atoms with E-state index in [1.807, 2.05) is 0 Å². The van der Waals surface area contributed by atoms with Crippen molar-refractivity contribution >= 4 is 12.0 Å². The van der Waals surface area contributed by atoms with E-state index >= 15 is 0 Å². The van der Waals surface area contributed by atoms with E-state index in [2.05, 4.69) is 0 Å². The predicted molar refractivity (Wildman–Crippen MR) is 174 cm³/mol. The fraction of sp³-hybridized carbons (Fsp3) is 0.559. The van der Waals surface area contributed by atoms with Gasteiger partial charge in [-0.15, -0.1) is 0 Å². The van der Waals surface area contributed by atoms with Crippen molar-refractivity contribution in [3.63, 3.8) is 0 Å². The molecule has 0 amide bonds. The van der Waals surface area contributed by atoms with E-state index in [0.717, 1.165) is 6.08 Å². The fourth-order valence-electron chi connectivity index (χ4n) is 5.93. The quantitative estimate of drug-likeness (QED) is 0.0603. The Kier molecular flexibility index (Phi) is 13.5. The molecule has 14 atom stereocenters. The fourth-order valence-corrected chi connectivity index (χ4v) is 5.93. The van der Waals surface area contributed by atoms with E-state index < -0.39 is 117 Å². The molecule has 0 aliphatic carbocycles. The number of aliphatic hydroxyl groups is 7. The summed E-state index contributed by atoms with van der Waals surface area (Å²) in [6.07, 6.45) is -20.4. The van der Waals surface area contributed by atoms with E-state index in [4.69, 9.17) is 33.2 Å². The second-order valence-corrected chi connectivity index (χ2v) is 12.8. The molecule has 3 aliphatic heterocycles. The number of aliphatic hydroxyl groups excluding tert-OH is 7. The highest BCUT2D eigenvalue weighted by Crippen LogP contribution is 2.35. The largest absolute Gasteiger partial charge is 0.504 e. The highest BCUT2D eigenvalue weighted by molar-refractivity contribution is 5.87. The van der Waals surface area contributed by atoms with Crippen LogP contribution in [0.25, 0.3) is 6.08 Å². The van der Waals surface area contributed by atoms with Gasteiger partial charge in [-0.2, -0.15) is 0 Å². The molecule has 0 saturated carbocycles. The Bertz CT molecular complexity index is 1560. The molecular formula is C34H44O19. The van der Waals surface area contributed by atoms with Crippen LogP contribution in [0.4, 0.5) is 0 Å². The molecule has 0 aromatic heterocycles. The zero-order chi connectivity index (χ0) is 38.6. The van der Waals surface area contributed by atoms with Gasteiger partial charge in [-0.05, 0) is 54.8 Å². The second kappa shape index (κ2) is 17.6. The minimum atomic E-state index is -1.88. The molecule has 294 valence electrons. The molecule has 3 fully saturated rings. The van der Waals surface area contributed by atoms with E-state index in [0.29, 0.717) is 5.56 Å². The van der Waals surface area contributed by atoms with Crippen molar-refractivity contribution in [2.45, 2.75) is 99.4 Å². The van der Waals surface area contributed by atoms with E-state index in [-0.39, 0.29) is 30.1 Å². The Morgan fingerprint density at radius 1 is 0.755 bits per heavy atom. The van der Waals surface area contributed by atoms with Crippen molar-refractivity contribution in [2.24, 2.45) is 0 Å². The van der Waals surface area contributed by atoms with Gasteiger partial charge in [0.1, 0.15) is 54.9 Å². The van der Waals surface area contributed by atoms with E-state index in [1.165, 1.54) is 49.4 Å². The number of rotatable bonds is 12. The van der Waals surface area contributed by atoms with Gasteiger partial charge in [0.05, 0.1) is 25.9 Å². The number of hydrogen-bond donors (Lipinski definition) is 11. The molecule has 0 radical (unpaired) electrons. The smallest absolute Gasteiger partial charge is 0.331 e. The zero-order valence-corrected chi connectivity index (χ0v) is 28.2. The summed E-state index contributed by atoms with van der Waals surface area (Å²) in [6.45, 7) is -0.101. The number of phenolic OH excluding ortho intramolecular Hbond substituents is 4. The van der Waals surface area contributed by atoms with Crippen LogP contribution in [0.15, 0.2) is 42.5 Å². The van der Waals surface area contributed by atoms with Crippen molar-refractivity contribution in [3.8, 4) is 23.0 Å². The number of benzene rings is 2. The summed E-state index contributed by atoms with van der Waals surface area (Å²) in [5.74, 6) is -2.64. The van der Waals surface area contributed by atoms with Crippen LogP contribution in [0.5, 0.6) is 23.0 Å². The van der Waals surface area contributed by atoms with Crippen LogP contribution in [0, 0.1) is 0 Å². The summed E-state index contributed by atoms with van der Waals surface area (Å²) in [4.78, 5) is 13.2. The summed E-state index contributed by atoms with van der Waals surface area (Å²) in [7, 11) is 0. The topological polar surface area (TPSA) is 304 Å². The summed E-state index contributed by atoms with van der Waals surface area (Å²) >= 11 is 0. The van der Waals surface area contributed by atoms with Crippen LogP contribution in [-0.2, 0) is 44.4 Å². The molecule has 19 heteroatoms. The maximum Gasteiger partial charge on any atom is 0.331 e. The molecule has 3 saturated heterocycles. The number of hydrogen-bond acceptors (Lipinski definition) is 19. The first-order valence-electron chi connectivity index (χ1n) is 16.6. The van der Waals surface area contributed by atoms with Gasteiger partial charge in [0, 0.05) is 6.08 Å². The van der Waals surface area contributed by atoms with Gasteiger partial charge < -0.3 is 89.3 Å². The van der Waals surface area contributed by atoms with Crippen LogP contribution in [0.2, 0.25) is 0 Å².